The Labute approximate surface area is 123 Å². The minimum atomic E-state index is -0.323. The van der Waals surface area contributed by atoms with E-state index in [2.05, 4.69) is 5.43 Å². The minimum absolute atomic E-state index is 0.323. The summed E-state index contributed by atoms with van der Waals surface area (Å²) in [6.45, 7) is 3.77. The second kappa shape index (κ2) is 5.88. The Morgan fingerprint density at radius 1 is 1.19 bits per heavy atom. The summed E-state index contributed by atoms with van der Waals surface area (Å²) in [4.78, 5) is 11.8. The van der Waals surface area contributed by atoms with Crippen LogP contribution in [0.3, 0.4) is 0 Å². The standard InChI is InChI=1S/C15H19N3O3/c1-9-7-12(15(19)17-16)10(2)18(9)13-8-11(20-3)5-6-14(13)21-4/h5-8H,16H2,1-4H3,(H,17,19). The summed E-state index contributed by atoms with van der Waals surface area (Å²) in [6, 6.07) is 7.30. The predicted molar refractivity (Wildman–Crippen MR) is 80.0 cm³/mol. The van der Waals surface area contributed by atoms with Crippen molar-refractivity contribution in [1.82, 2.24) is 9.99 Å². The van der Waals surface area contributed by atoms with Crippen LogP contribution in [-0.4, -0.2) is 24.7 Å². The molecule has 2 aromatic rings. The fraction of sp³-hybridized carbons (Fsp3) is 0.267. The molecule has 2 rings (SSSR count). The molecule has 112 valence electrons. The maximum absolute atomic E-state index is 11.8. The van der Waals surface area contributed by atoms with Gasteiger partial charge in [-0.15, -0.1) is 0 Å². The molecule has 1 aromatic heterocycles. The fourth-order valence-electron chi connectivity index (χ4n) is 2.41. The van der Waals surface area contributed by atoms with Gasteiger partial charge < -0.3 is 14.0 Å². The second-order valence-corrected chi connectivity index (χ2v) is 4.63. The van der Waals surface area contributed by atoms with Gasteiger partial charge in [-0.05, 0) is 32.0 Å². The van der Waals surface area contributed by atoms with Crippen molar-refractivity contribution >= 4 is 5.91 Å². The SMILES string of the molecule is COc1ccc(OC)c(-n2c(C)cc(C(=O)NN)c2C)c1. The van der Waals surface area contributed by atoms with Crippen LogP contribution in [0.1, 0.15) is 21.7 Å². The van der Waals surface area contributed by atoms with Crippen LogP contribution in [0.25, 0.3) is 5.69 Å². The topological polar surface area (TPSA) is 78.5 Å². The second-order valence-electron chi connectivity index (χ2n) is 4.63. The van der Waals surface area contributed by atoms with Crippen molar-refractivity contribution in [2.24, 2.45) is 5.84 Å². The number of hydrogen-bond donors (Lipinski definition) is 2. The van der Waals surface area contributed by atoms with Crippen molar-refractivity contribution in [1.29, 1.82) is 0 Å². The molecule has 21 heavy (non-hydrogen) atoms. The Kier molecular flexibility index (Phi) is 4.18. The van der Waals surface area contributed by atoms with Gasteiger partial charge in [-0.25, -0.2) is 5.84 Å². The third kappa shape index (κ3) is 2.57. The number of nitrogen functional groups attached to an aromatic ring is 1. The lowest BCUT2D eigenvalue weighted by Crippen LogP contribution is -2.30. The zero-order valence-corrected chi connectivity index (χ0v) is 12.6. The molecule has 0 aliphatic rings. The monoisotopic (exact) mass is 289 g/mol. The number of benzene rings is 1. The molecular formula is C15H19N3O3. The summed E-state index contributed by atoms with van der Waals surface area (Å²) >= 11 is 0. The Bertz CT molecular complexity index is 677. The lowest BCUT2D eigenvalue weighted by atomic mass is 10.2. The van der Waals surface area contributed by atoms with Crippen molar-refractivity contribution in [2.75, 3.05) is 14.2 Å². The molecular weight excluding hydrogens is 270 g/mol. The van der Waals surface area contributed by atoms with E-state index >= 15 is 0 Å². The first-order chi connectivity index (χ1) is 10.0. The highest BCUT2D eigenvalue weighted by atomic mass is 16.5. The molecule has 0 aliphatic carbocycles. The summed E-state index contributed by atoms with van der Waals surface area (Å²) in [7, 11) is 3.21. The summed E-state index contributed by atoms with van der Waals surface area (Å²) in [5.74, 6) is 6.30. The maximum Gasteiger partial charge on any atom is 0.267 e. The molecule has 1 aromatic carbocycles. The molecule has 0 aliphatic heterocycles. The number of aryl methyl sites for hydroxylation is 1. The first-order valence-electron chi connectivity index (χ1n) is 6.45. The van der Waals surface area contributed by atoms with Crippen LogP contribution in [0, 0.1) is 13.8 Å². The molecule has 0 unspecified atom stereocenters. The van der Waals surface area contributed by atoms with Gasteiger partial charge in [0.2, 0.25) is 0 Å². The molecule has 0 atom stereocenters. The first-order valence-corrected chi connectivity index (χ1v) is 6.45. The molecule has 0 saturated heterocycles. The van der Waals surface area contributed by atoms with E-state index < -0.39 is 0 Å². The molecule has 0 bridgehead atoms. The molecule has 0 spiro atoms. The summed E-state index contributed by atoms with van der Waals surface area (Å²) in [5, 5.41) is 0. The van der Waals surface area contributed by atoms with Gasteiger partial charge in [0.25, 0.3) is 5.91 Å². The molecule has 0 fully saturated rings. The van der Waals surface area contributed by atoms with Crippen LogP contribution in [0.5, 0.6) is 11.5 Å². The summed E-state index contributed by atoms with van der Waals surface area (Å²) < 4.78 is 12.6. The van der Waals surface area contributed by atoms with Crippen LogP contribution in [0.15, 0.2) is 24.3 Å². The molecule has 1 amide bonds. The highest BCUT2D eigenvalue weighted by Gasteiger charge is 2.18. The minimum Gasteiger partial charge on any atom is -0.497 e. The largest absolute Gasteiger partial charge is 0.497 e. The van der Waals surface area contributed by atoms with E-state index in [4.69, 9.17) is 15.3 Å². The number of hydrogen-bond acceptors (Lipinski definition) is 4. The number of aromatic nitrogens is 1. The number of carbonyl (C=O) groups is 1. The average Bonchev–Trinajstić information content (AvgIpc) is 2.80. The first kappa shape index (κ1) is 14.9. The smallest absolute Gasteiger partial charge is 0.267 e. The number of rotatable bonds is 4. The van der Waals surface area contributed by atoms with E-state index in [-0.39, 0.29) is 5.91 Å². The number of methoxy groups -OCH3 is 2. The highest BCUT2D eigenvalue weighted by Crippen LogP contribution is 2.31. The van der Waals surface area contributed by atoms with E-state index in [0.717, 1.165) is 17.1 Å². The van der Waals surface area contributed by atoms with Crippen LogP contribution in [0.4, 0.5) is 0 Å². The molecule has 0 saturated carbocycles. The van der Waals surface area contributed by atoms with Crippen LogP contribution < -0.4 is 20.7 Å². The highest BCUT2D eigenvalue weighted by molar-refractivity contribution is 5.95. The number of nitrogens with two attached hydrogens (primary N) is 1. The average molecular weight is 289 g/mol. The van der Waals surface area contributed by atoms with E-state index in [1.807, 2.05) is 36.6 Å². The Hall–Kier alpha value is -2.47. The van der Waals surface area contributed by atoms with Gasteiger partial charge in [0, 0.05) is 17.5 Å². The number of nitrogens with zero attached hydrogens (tertiary/aromatic N) is 1. The van der Waals surface area contributed by atoms with Crippen molar-refractivity contribution < 1.29 is 14.3 Å². The molecule has 6 heteroatoms. The number of carbonyl (C=O) groups excluding carboxylic acids is 1. The van der Waals surface area contributed by atoms with Crippen molar-refractivity contribution in [2.45, 2.75) is 13.8 Å². The normalized spacial score (nSPS) is 10.3. The Morgan fingerprint density at radius 3 is 2.48 bits per heavy atom. The number of amides is 1. The third-order valence-electron chi connectivity index (χ3n) is 3.43. The predicted octanol–water partition coefficient (Wildman–Crippen LogP) is 1.71. The number of ether oxygens (including phenoxy) is 2. The molecule has 3 N–H and O–H groups in total. The summed E-state index contributed by atoms with van der Waals surface area (Å²) in [6.07, 6.45) is 0. The lowest BCUT2D eigenvalue weighted by molar-refractivity contribution is 0.0953. The Morgan fingerprint density at radius 2 is 1.90 bits per heavy atom. The van der Waals surface area contributed by atoms with Gasteiger partial charge in [-0.1, -0.05) is 0 Å². The van der Waals surface area contributed by atoms with Gasteiger partial charge in [-0.2, -0.15) is 0 Å². The van der Waals surface area contributed by atoms with Gasteiger partial charge in [0.05, 0.1) is 25.5 Å². The van der Waals surface area contributed by atoms with Gasteiger partial charge >= 0.3 is 0 Å². The van der Waals surface area contributed by atoms with E-state index in [1.165, 1.54) is 0 Å². The summed E-state index contributed by atoms with van der Waals surface area (Å²) in [5.41, 5.74) is 5.17. The number of nitrogens with one attached hydrogen (secondary N) is 1. The van der Waals surface area contributed by atoms with Crippen molar-refractivity contribution in [3.63, 3.8) is 0 Å². The van der Waals surface area contributed by atoms with Gasteiger partial charge in [-0.3, -0.25) is 10.2 Å². The van der Waals surface area contributed by atoms with Crippen LogP contribution >= 0.6 is 0 Å². The zero-order valence-electron chi connectivity index (χ0n) is 12.6. The quantitative estimate of drug-likeness (QED) is 0.510. The van der Waals surface area contributed by atoms with Crippen molar-refractivity contribution in [3.05, 3.63) is 41.2 Å². The zero-order chi connectivity index (χ0) is 15.6. The fourth-order valence-corrected chi connectivity index (χ4v) is 2.41. The van der Waals surface area contributed by atoms with E-state index in [1.54, 1.807) is 20.3 Å². The number of hydrazine groups is 1. The van der Waals surface area contributed by atoms with Crippen LogP contribution in [-0.2, 0) is 0 Å². The van der Waals surface area contributed by atoms with Gasteiger partial charge in [0.15, 0.2) is 0 Å². The maximum atomic E-state index is 11.8. The molecule has 1 heterocycles. The van der Waals surface area contributed by atoms with Crippen molar-refractivity contribution in [3.8, 4) is 17.2 Å². The Balaban J connectivity index is 2.66. The molecule has 0 radical (unpaired) electrons. The van der Waals surface area contributed by atoms with E-state index in [0.29, 0.717) is 17.1 Å². The van der Waals surface area contributed by atoms with E-state index in [9.17, 15) is 4.79 Å². The lowest BCUT2D eigenvalue weighted by Gasteiger charge is -2.15. The third-order valence-corrected chi connectivity index (χ3v) is 3.43. The van der Waals surface area contributed by atoms with Gasteiger partial charge in [0.1, 0.15) is 11.5 Å². The molecule has 6 nitrogen and oxygen atoms in total. The van der Waals surface area contributed by atoms with Crippen LogP contribution in [0.2, 0.25) is 0 Å².